The first-order chi connectivity index (χ1) is 16.3. The second-order valence-corrected chi connectivity index (χ2v) is 8.85. The van der Waals surface area contributed by atoms with Crippen LogP contribution in [0.4, 0.5) is 17.3 Å². The number of nitrogens with zero attached hydrogens (tertiary/aromatic N) is 6. The number of piperazine rings is 1. The van der Waals surface area contributed by atoms with Crippen molar-refractivity contribution in [3.63, 3.8) is 0 Å². The number of nitrogens with one attached hydrogen (secondary N) is 2. The van der Waals surface area contributed by atoms with Crippen LogP contribution in [0.2, 0.25) is 5.02 Å². The van der Waals surface area contributed by atoms with Gasteiger partial charge in [0.05, 0.1) is 23.0 Å². The Morgan fingerprint density at radius 2 is 1.91 bits per heavy atom. The fourth-order valence-corrected chi connectivity index (χ4v) is 4.03. The third-order valence-corrected chi connectivity index (χ3v) is 6.03. The minimum absolute atomic E-state index is 0.141. The van der Waals surface area contributed by atoms with Gasteiger partial charge in [-0.15, -0.1) is 0 Å². The Morgan fingerprint density at radius 1 is 1.15 bits per heavy atom. The van der Waals surface area contributed by atoms with E-state index in [0.717, 1.165) is 37.6 Å². The Kier molecular flexibility index (Phi) is 7.30. The van der Waals surface area contributed by atoms with Crippen LogP contribution < -0.4 is 15.5 Å². The molecule has 3 aromatic rings. The summed E-state index contributed by atoms with van der Waals surface area (Å²) in [6, 6.07) is 8.88. The summed E-state index contributed by atoms with van der Waals surface area (Å²) >= 11 is 6.59. The predicted molar refractivity (Wildman–Crippen MR) is 133 cm³/mol. The zero-order valence-electron chi connectivity index (χ0n) is 19.5. The molecule has 1 fully saturated rings. The maximum absolute atomic E-state index is 12.4. The van der Waals surface area contributed by atoms with Gasteiger partial charge >= 0.3 is 0 Å². The summed E-state index contributed by atoms with van der Waals surface area (Å²) < 4.78 is 1.49. The van der Waals surface area contributed by atoms with Crippen LogP contribution >= 0.6 is 11.6 Å². The van der Waals surface area contributed by atoms with Gasteiger partial charge in [0.15, 0.2) is 0 Å². The molecule has 11 heteroatoms. The number of aromatic nitrogens is 4. The molecule has 34 heavy (non-hydrogen) atoms. The molecular weight excluding hydrogens is 456 g/mol. The lowest BCUT2D eigenvalue weighted by Crippen LogP contribution is -2.44. The van der Waals surface area contributed by atoms with Gasteiger partial charge in [0.25, 0.3) is 5.91 Å². The van der Waals surface area contributed by atoms with E-state index in [1.165, 1.54) is 4.68 Å². The number of likely N-dealkylation sites (N-methyl/N-ethyl adjacent to an activating group) is 1. The molecule has 0 aliphatic carbocycles. The number of carbonyl (C=O) groups is 1. The number of carbonyl (C=O) groups excluding carboxylic acids is 1. The summed E-state index contributed by atoms with van der Waals surface area (Å²) in [6.07, 6.45) is 1.63. The molecule has 0 radical (unpaired) electrons. The van der Waals surface area contributed by atoms with Crippen LogP contribution in [-0.2, 0) is 7.05 Å². The molecule has 0 saturated carbocycles. The van der Waals surface area contributed by atoms with E-state index in [-0.39, 0.29) is 18.6 Å². The topological polar surface area (TPSA) is 111 Å². The Hall–Kier alpha value is -3.21. The average molecular weight is 485 g/mol. The van der Waals surface area contributed by atoms with Crippen molar-refractivity contribution in [1.82, 2.24) is 30.0 Å². The predicted octanol–water partition coefficient (Wildman–Crippen LogP) is 2.14. The highest BCUT2D eigenvalue weighted by atomic mass is 35.5. The Bertz CT molecular complexity index is 1160. The smallest absolute Gasteiger partial charge is 0.269 e. The fraction of sp³-hybridized carbons (Fsp3) is 0.391. The van der Waals surface area contributed by atoms with Crippen LogP contribution in [0.15, 0.2) is 36.5 Å². The van der Waals surface area contributed by atoms with Crippen molar-refractivity contribution in [2.45, 2.75) is 13.0 Å². The second-order valence-electron chi connectivity index (χ2n) is 8.44. The van der Waals surface area contributed by atoms with Crippen LogP contribution in [0.3, 0.4) is 0 Å². The van der Waals surface area contributed by atoms with E-state index in [0.29, 0.717) is 28.1 Å². The number of hydrogen-bond donors (Lipinski definition) is 3. The maximum Gasteiger partial charge on any atom is 0.269 e. The molecule has 1 saturated heterocycles. The van der Waals surface area contributed by atoms with Gasteiger partial charge < -0.3 is 25.5 Å². The molecule has 1 aliphatic heterocycles. The number of rotatable bonds is 7. The fourth-order valence-electron chi connectivity index (χ4n) is 3.73. The molecule has 0 bridgehead atoms. The normalized spacial score (nSPS) is 15.3. The Balaban J connectivity index is 1.49. The summed E-state index contributed by atoms with van der Waals surface area (Å²) in [5.74, 6) is 0.0803. The Morgan fingerprint density at radius 3 is 2.62 bits per heavy atom. The Labute approximate surface area is 203 Å². The lowest BCUT2D eigenvalue weighted by atomic mass is 10.2. The molecule has 0 unspecified atom stereocenters. The second kappa shape index (κ2) is 10.4. The van der Waals surface area contributed by atoms with Crippen molar-refractivity contribution in [1.29, 1.82) is 0 Å². The number of amides is 1. The number of halogens is 1. The van der Waals surface area contributed by atoms with Crippen LogP contribution in [-0.4, -0.2) is 81.5 Å². The summed E-state index contributed by atoms with van der Waals surface area (Å²) in [5.41, 5.74) is 3.28. The van der Waals surface area contributed by atoms with Gasteiger partial charge in [-0.2, -0.15) is 5.10 Å². The number of aliphatic hydroxyl groups excluding tert-OH is 1. The lowest BCUT2D eigenvalue weighted by Gasteiger charge is -2.34. The minimum Gasteiger partial charge on any atom is -0.394 e. The number of benzene rings is 1. The standard InChI is InChI=1S/C23H29ClN8O2/c1-15(14-33)26-22(34)21-13-19(29-31(21)3)18-6-7-25-23(28-18)27-16-4-5-20(17(24)12-16)32-10-8-30(2)9-11-32/h4-7,12-13,15,33H,8-11,14H2,1-3H3,(H,26,34)(H,25,27,28)/t15-/m0/s1. The third-order valence-electron chi connectivity index (χ3n) is 5.73. The van der Waals surface area contributed by atoms with Crippen LogP contribution in [0, 0.1) is 0 Å². The van der Waals surface area contributed by atoms with Crippen molar-refractivity contribution in [3.05, 3.63) is 47.2 Å². The van der Waals surface area contributed by atoms with Crippen molar-refractivity contribution in [2.24, 2.45) is 7.05 Å². The zero-order chi connectivity index (χ0) is 24.2. The monoisotopic (exact) mass is 484 g/mol. The number of hydrogen-bond acceptors (Lipinski definition) is 8. The van der Waals surface area contributed by atoms with Gasteiger partial charge in [0.1, 0.15) is 11.4 Å². The highest BCUT2D eigenvalue weighted by Crippen LogP contribution is 2.30. The molecule has 3 N–H and O–H groups in total. The van der Waals surface area contributed by atoms with Crippen LogP contribution in [0.5, 0.6) is 0 Å². The van der Waals surface area contributed by atoms with E-state index in [2.05, 4.69) is 42.5 Å². The van der Waals surface area contributed by atoms with E-state index in [9.17, 15) is 4.79 Å². The first-order valence-electron chi connectivity index (χ1n) is 11.1. The summed E-state index contributed by atoms with van der Waals surface area (Å²) in [7, 11) is 3.81. The van der Waals surface area contributed by atoms with E-state index in [4.69, 9.17) is 16.7 Å². The lowest BCUT2D eigenvalue weighted by molar-refractivity contribution is 0.0912. The highest BCUT2D eigenvalue weighted by Gasteiger charge is 2.18. The molecule has 1 aromatic carbocycles. The molecule has 3 heterocycles. The molecule has 4 rings (SSSR count). The molecule has 1 atom stereocenters. The van der Waals surface area contributed by atoms with E-state index in [1.54, 1.807) is 32.3 Å². The van der Waals surface area contributed by atoms with Crippen LogP contribution in [0.1, 0.15) is 17.4 Å². The van der Waals surface area contributed by atoms with Crippen LogP contribution in [0.25, 0.3) is 11.4 Å². The van der Waals surface area contributed by atoms with Gasteiger partial charge in [-0.3, -0.25) is 9.48 Å². The van der Waals surface area contributed by atoms with Gasteiger partial charge in [0.2, 0.25) is 5.95 Å². The number of aliphatic hydroxyl groups is 1. The largest absolute Gasteiger partial charge is 0.394 e. The highest BCUT2D eigenvalue weighted by molar-refractivity contribution is 6.33. The summed E-state index contributed by atoms with van der Waals surface area (Å²) in [4.78, 5) is 25.9. The van der Waals surface area contributed by atoms with Crippen molar-refractivity contribution < 1.29 is 9.90 Å². The van der Waals surface area contributed by atoms with Crippen molar-refractivity contribution >= 4 is 34.8 Å². The van der Waals surface area contributed by atoms with Gasteiger partial charge in [0, 0.05) is 51.2 Å². The van der Waals surface area contributed by atoms with Gasteiger partial charge in [-0.25, -0.2) is 9.97 Å². The quantitative estimate of drug-likeness (QED) is 0.467. The summed E-state index contributed by atoms with van der Waals surface area (Å²) in [5, 5.41) is 20.2. The minimum atomic E-state index is -0.352. The zero-order valence-corrected chi connectivity index (χ0v) is 20.2. The molecule has 2 aromatic heterocycles. The number of aryl methyl sites for hydroxylation is 1. The third kappa shape index (κ3) is 5.46. The van der Waals surface area contributed by atoms with E-state index in [1.807, 2.05) is 18.2 Å². The number of anilines is 3. The molecule has 0 spiro atoms. The molecule has 1 aliphatic rings. The molecular formula is C23H29ClN8O2. The first-order valence-corrected chi connectivity index (χ1v) is 11.5. The molecule has 10 nitrogen and oxygen atoms in total. The SMILES string of the molecule is C[C@@H](CO)NC(=O)c1cc(-c2ccnc(Nc3ccc(N4CCN(C)CC4)c(Cl)c3)n2)nn1C. The molecule has 180 valence electrons. The van der Waals surface area contributed by atoms with E-state index >= 15 is 0 Å². The first kappa shape index (κ1) is 23.9. The maximum atomic E-state index is 12.4. The van der Waals surface area contributed by atoms with Crippen molar-refractivity contribution in [2.75, 3.05) is 50.1 Å². The van der Waals surface area contributed by atoms with Crippen molar-refractivity contribution in [3.8, 4) is 11.4 Å². The molecule has 1 amide bonds. The average Bonchev–Trinajstić information content (AvgIpc) is 3.22. The van der Waals surface area contributed by atoms with Gasteiger partial charge in [-0.05, 0) is 44.3 Å². The summed E-state index contributed by atoms with van der Waals surface area (Å²) in [6.45, 7) is 5.48. The van der Waals surface area contributed by atoms with Gasteiger partial charge in [-0.1, -0.05) is 11.6 Å². The van der Waals surface area contributed by atoms with E-state index < -0.39 is 0 Å².